The quantitative estimate of drug-likeness (QED) is 0.669. The van der Waals surface area contributed by atoms with Crippen LogP contribution in [0.1, 0.15) is 38.6 Å². The summed E-state index contributed by atoms with van der Waals surface area (Å²) in [5, 5.41) is 3.79. The molecule has 0 aromatic carbocycles. The maximum Gasteiger partial charge on any atom is 0.227 e. The highest BCUT2D eigenvalue weighted by Gasteiger charge is 2.19. The number of rotatable bonds is 4. The van der Waals surface area contributed by atoms with E-state index in [-0.39, 0.29) is 0 Å². The van der Waals surface area contributed by atoms with Gasteiger partial charge < -0.3 is 14.8 Å². The van der Waals surface area contributed by atoms with Gasteiger partial charge in [-0.25, -0.2) is 15.0 Å². The molecule has 1 N–H and O–H groups in total. The number of aromatic nitrogens is 5. The van der Waals surface area contributed by atoms with Crippen molar-refractivity contribution in [3.8, 4) is 0 Å². The number of nitrogens with zero attached hydrogens (tertiary/aromatic N) is 6. The average Bonchev–Trinajstić information content (AvgIpc) is 2.98. The Bertz CT molecular complexity index is 944. The molecule has 1 aliphatic rings. The molecule has 3 aromatic heterocycles. The van der Waals surface area contributed by atoms with E-state index in [1.54, 1.807) is 6.20 Å². The highest BCUT2D eigenvalue weighted by atomic mass is 32.1. The molecule has 0 atom stereocenters. The van der Waals surface area contributed by atoms with E-state index in [9.17, 15) is 0 Å². The maximum atomic E-state index is 4.68. The van der Waals surface area contributed by atoms with Gasteiger partial charge in [-0.15, -0.1) is 0 Å². The molecule has 3 aromatic rings. The molecule has 1 fully saturated rings. The molecular formula is C19H25N7S. The molecule has 27 heavy (non-hydrogen) atoms. The molecule has 0 radical (unpaired) electrons. The lowest BCUT2D eigenvalue weighted by Gasteiger charge is -2.29. The molecule has 1 aliphatic heterocycles. The second kappa shape index (κ2) is 7.34. The minimum absolute atomic E-state index is 0.339. The molecule has 0 saturated carbocycles. The van der Waals surface area contributed by atoms with Gasteiger partial charge in [-0.3, -0.25) is 0 Å². The van der Waals surface area contributed by atoms with Crippen LogP contribution in [0, 0.1) is 6.92 Å². The van der Waals surface area contributed by atoms with Crippen molar-refractivity contribution in [3.05, 3.63) is 30.4 Å². The van der Waals surface area contributed by atoms with Crippen molar-refractivity contribution in [1.82, 2.24) is 24.5 Å². The number of imidazole rings is 1. The normalized spacial score (nSPS) is 15.7. The molecule has 0 spiro atoms. The smallest absolute Gasteiger partial charge is 0.227 e. The predicted molar refractivity (Wildman–Crippen MR) is 112 cm³/mol. The fraction of sp³-hybridized carbons (Fsp3) is 0.474. The topological polar surface area (TPSA) is 71.8 Å². The van der Waals surface area contributed by atoms with Gasteiger partial charge in [0.05, 0.1) is 11.7 Å². The number of fused-ring (bicyclic) bond motifs is 1. The number of piperidine rings is 1. The van der Waals surface area contributed by atoms with Gasteiger partial charge in [0.2, 0.25) is 5.95 Å². The van der Waals surface area contributed by atoms with Crippen molar-refractivity contribution in [3.63, 3.8) is 0 Å². The minimum Gasteiger partial charge on any atom is -0.341 e. The first kappa shape index (κ1) is 18.0. The molecule has 7 nitrogen and oxygen atoms in total. The van der Waals surface area contributed by atoms with Crippen molar-refractivity contribution >= 4 is 41.2 Å². The monoisotopic (exact) mass is 383 g/mol. The number of nitrogens with one attached hydrogen (secondary N) is 1. The van der Waals surface area contributed by atoms with Crippen LogP contribution in [-0.2, 0) is 0 Å². The number of hydrogen-bond acceptors (Lipinski definition) is 7. The summed E-state index contributed by atoms with van der Waals surface area (Å²) in [6.07, 6.45) is 5.71. The number of hydrogen-bond donors (Lipinski definition) is 2. The summed E-state index contributed by atoms with van der Waals surface area (Å²) in [7, 11) is 0. The number of anilines is 3. The first-order chi connectivity index (χ1) is 13.0. The first-order valence-electron chi connectivity index (χ1n) is 9.39. The third-order valence-corrected chi connectivity index (χ3v) is 5.43. The van der Waals surface area contributed by atoms with Gasteiger partial charge in [0.15, 0.2) is 0 Å². The van der Waals surface area contributed by atoms with Crippen molar-refractivity contribution in [2.24, 2.45) is 0 Å². The lowest BCUT2D eigenvalue weighted by molar-refractivity contribution is 0.583. The van der Waals surface area contributed by atoms with Crippen molar-refractivity contribution in [2.75, 3.05) is 23.3 Å². The zero-order valence-corrected chi connectivity index (χ0v) is 16.8. The zero-order valence-electron chi connectivity index (χ0n) is 15.9. The van der Waals surface area contributed by atoms with E-state index in [0.29, 0.717) is 11.3 Å². The summed E-state index contributed by atoms with van der Waals surface area (Å²) in [6.45, 7) is 8.22. The summed E-state index contributed by atoms with van der Waals surface area (Å²) >= 11 is 4.56. The second-order valence-electron chi connectivity index (χ2n) is 7.27. The summed E-state index contributed by atoms with van der Waals surface area (Å²) in [5.74, 6) is 3.25. The number of pyridine rings is 1. The lowest BCUT2D eigenvalue weighted by Crippen LogP contribution is -2.35. The van der Waals surface area contributed by atoms with Crippen LogP contribution in [0.4, 0.5) is 17.6 Å². The largest absolute Gasteiger partial charge is 0.341 e. The summed E-state index contributed by atoms with van der Waals surface area (Å²) in [6, 6.07) is 4.24. The molecule has 4 rings (SSSR count). The molecule has 142 valence electrons. The van der Waals surface area contributed by atoms with Gasteiger partial charge >= 0.3 is 0 Å². The van der Waals surface area contributed by atoms with Crippen LogP contribution >= 0.6 is 12.6 Å². The summed E-state index contributed by atoms with van der Waals surface area (Å²) < 4.78 is 2.22. The van der Waals surface area contributed by atoms with Crippen LogP contribution in [0.2, 0.25) is 0 Å². The van der Waals surface area contributed by atoms with Crippen LogP contribution in [-0.4, -0.2) is 42.8 Å². The molecule has 0 bridgehead atoms. The fourth-order valence-corrected chi connectivity index (χ4v) is 3.84. The van der Waals surface area contributed by atoms with Crippen LogP contribution in [0.3, 0.4) is 0 Å². The van der Waals surface area contributed by atoms with Crippen molar-refractivity contribution < 1.29 is 0 Å². The van der Waals surface area contributed by atoms with Crippen LogP contribution in [0.5, 0.6) is 0 Å². The van der Waals surface area contributed by atoms with Gasteiger partial charge in [-0.1, -0.05) is 0 Å². The zero-order chi connectivity index (χ0) is 19.0. The Balaban J connectivity index is 1.59. The van der Waals surface area contributed by atoms with Gasteiger partial charge in [-0.05, 0) is 39.7 Å². The molecular weight excluding hydrogens is 358 g/mol. The van der Waals surface area contributed by atoms with Crippen molar-refractivity contribution in [1.29, 1.82) is 0 Å². The van der Waals surface area contributed by atoms with E-state index in [1.165, 1.54) is 0 Å². The Morgan fingerprint density at radius 2 is 1.93 bits per heavy atom. The Hall–Kier alpha value is -2.35. The minimum atomic E-state index is 0.339. The summed E-state index contributed by atoms with van der Waals surface area (Å²) in [5.41, 5.74) is 1.98. The van der Waals surface area contributed by atoms with E-state index >= 15 is 0 Å². The van der Waals surface area contributed by atoms with Crippen LogP contribution in [0.15, 0.2) is 24.5 Å². The van der Waals surface area contributed by atoms with Gasteiger partial charge in [0.25, 0.3) is 0 Å². The molecule has 8 heteroatoms. The second-order valence-corrected chi connectivity index (χ2v) is 8.00. The molecule has 0 amide bonds. The van der Waals surface area contributed by atoms with E-state index < -0.39 is 0 Å². The Morgan fingerprint density at radius 1 is 1.15 bits per heavy atom. The summed E-state index contributed by atoms with van der Waals surface area (Å²) in [4.78, 5) is 20.4. The van der Waals surface area contributed by atoms with Gasteiger partial charge in [-0.2, -0.15) is 17.6 Å². The third kappa shape index (κ3) is 3.71. The van der Waals surface area contributed by atoms with Crippen LogP contribution < -0.4 is 10.2 Å². The maximum absolute atomic E-state index is 4.68. The average molecular weight is 384 g/mol. The Morgan fingerprint density at radius 3 is 2.67 bits per heavy atom. The number of thiol groups is 1. The molecule has 0 unspecified atom stereocenters. The molecule has 4 heterocycles. The highest BCUT2D eigenvalue weighted by Crippen LogP contribution is 2.24. The van der Waals surface area contributed by atoms with E-state index in [1.807, 2.05) is 25.3 Å². The van der Waals surface area contributed by atoms with Gasteiger partial charge in [0.1, 0.15) is 23.0 Å². The van der Waals surface area contributed by atoms with E-state index in [0.717, 1.165) is 60.4 Å². The first-order valence-corrected chi connectivity index (χ1v) is 9.90. The van der Waals surface area contributed by atoms with E-state index in [4.69, 9.17) is 0 Å². The third-order valence-electron chi connectivity index (χ3n) is 4.91. The van der Waals surface area contributed by atoms with E-state index in [2.05, 4.69) is 61.2 Å². The molecule has 1 saturated heterocycles. The fourth-order valence-electron chi connectivity index (χ4n) is 3.61. The Labute approximate surface area is 164 Å². The van der Waals surface area contributed by atoms with Crippen molar-refractivity contribution in [2.45, 2.75) is 44.9 Å². The Kier molecular flexibility index (Phi) is 4.90. The lowest BCUT2D eigenvalue weighted by atomic mass is 10.1. The SMILES string of the molecule is Cc1nc2cnc(Nc3ccnc(N4CCC(S)CC4)n3)cc2n1C(C)C. The van der Waals surface area contributed by atoms with Crippen LogP contribution in [0.25, 0.3) is 11.0 Å². The number of aryl methyl sites for hydroxylation is 1. The molecule has 0 aliphatic carbocycles. The standard InChI is InChI=1S/C19H25N7S/c1-12(2)26-13(3)22-15-11-21-18(10-16(15)26)23-17-4-7-20-19(24-17)25-8-5-14(27)6-9-25/h4,7,10-12,14,27H,5-6,8-9H2,1-3H3,(H,20,21,23,24). The predicted octanol–water partition coefficient (Wildman–Crippen LogP) is 3.75. The highest BCUT2D eigenvalue weighted by molar-refractivity contribution is 7.80. The van der Waals surface area contributed by atoms with Gasteiger partial charge in [0, 0.05) is 36.6 Å².